The molecule has 2 aliphatic rings. The van der Waals surface area contributed by atoms with E-state index >= 15 is 0 Å². The summed E-state index contributed by atoms with van der Waals surface area (Å²) in [6, 6.07) is 0. The molecule has 2 atom stereocenters. The number of rotatable bonds is 4. The third-order valence-electron chi connectivity index (χ3n) is 4.51. The Labute approximate surface area is 114 Å². The number of carbonyl (C=O) groups excluding carboxylic acids is 1. The molecule has 2 rings (SSSR count). The van der Waals surface area contributed by atoms with E-state index in [0.717, 1.165) is 32.4 Å². The molecule has 19 heavy (non-hydrogen) atoms. The largest absolute Gasteiger partial charge is 0.481 e. The number of aliphatic carboxylic acids is 1. The van der Waals surface area contributed by atoms with Crippen LogP contribution in [-0.4, -0.2) is 48.1 Å². The molecular formula is C14H24N2O3. The van der Waals surface area contributed by atoms with Crippen LogP contribution in [0, 0.1) is 17.8 Å². The number of carbonyl (C=O) groups is 2. The van der Waals surface area contributed by atoms with Gasteiger partial charge in [-0.3, -0.25) is 9.59 Å². The summed E-state index contributed by atoms with van der Waals surface area (Å²) in [5.41, 5.74) is 0. The van der Waals surface area contributed by atoms with Crippen molar-refractivity contribution in [2.24, 2.45) is 17.8 Å². The highest BCUT2D eigenvalue weighted by atomic mass is 16.4. The number of nitrogens with zero attached hydrogens (tertiary/aromatic N) is 1. The molecule has 0 bridgehead atoms. The molecule has 0 aromatic heterocycles. The van der Waals surface area contributed by atoms with Crippen LogP contribution in [-0.2, 0) is 9.59 Å². The van der Waals surface area contributed by atoms with Gasteiger partial charge in [-0.2, -0.15) is 0 Å². The van der Waals surface area contributed by atoms with Gasteiger partial charge >= 0.3 is 5.97 Å². The van der Waals surface area contributed by atoms with Crippen molar-refractivity contribution >= 4 is 11.9 Å². The maximum atomic E-state index is 12.1. The lowest BCUT2D eigenvalue weighted by Gasteiger charge is -2.23. The van der Waals surface area contributed by atoms with Crippen molar-refractivity contribution in [1.82, 2.24) is 10.2 Å². The zero-order valence-corrected chi connectivity index (χ0v) is 11.6. The van der Waals surface area contributed by atoms with Gasteiger partial charge in [0.05, 0.1) is 5.92 Å². The molecule has 0 aromatic carbocycles. The van der Waals surface area contributed by atoms with Gasteiger partial charge in [0, 0.05) is 19.5 Å². The summed E-state index contributed by atoms with van der Waals surface area (Å²) in [7, 11) is 0. The van der Waals surface area contributed by atoms with Crippen molar-refractivity contribution in [1.29, 1.82) is 0 Å². The van der Waals surface area contributed by atoms with Crippen molar-refractivity contribution in [2.45, 2.75) is 32.6 Å². The second kappa shape index (κ2) is 6.37. The van der Waals surface area contributed by atoms with Crippen LogP contribution in [0.5, 0.6) is 0 Å². The van der Waals surface area contributed by atoms with Crippen LogP contribution in [0.1, 0.15) is 32.6 Å². The lowest BCUT2D eigenvalue weighted by molar-refractivity contribution is -0.142. The van der Waals surface area contributed by atoms with Crippen molar-refractivity contribution in [3.63, 3.8) is 0 Å². The quantitative estimate of drug-likeness (QED) is 0.796. The molecule has 2 unspecified atom stereocenters. The molecule has 2 heterocycles. The minimum atomic E-state index is -0.777. The van der Waals surface area contributed by atoms with Gasteiger partial charge in [-0.1, -0.05) is 6.92 Å². The minimum absolute atomic E-state index is 0.0698. The zero-order valence-electron chi connectivity index (χ0n) is 11.6. The molecule has 1 amide bonds. The molecule has 2 fully saturated rings. The minimum Gasteiger partial charge on any atom is -0.481 e. The summed E-state index contributed by atoms with van der Waals surface area (Å²) in [5, 5.41) is 12.4. The zero-order chi connectivity index (χ0) is 13.8. The van der Waals surface area contributed by atoms with Crippen LogP contribution in [0.2, 0.25) is 0 Å². The topological polar surface area (TPSA) is 69.6 Å². The fourth-order valence-electron chi connectivity index (χ4n) is 3.15. The third kappa shape index (κ3) is 3.69. The van der Waals surface area contributed by atoms with Crippen molar-refractivity contribution < 1.29 is 14.7 Å². The van der Waals surface area contributed by atoms with Crippen molar-refractivity contribution in [2.75, 3.05) is 26.2 Å². The highest BCUT2D eigenvalue weighted by molar-refractivity contribution is 5.79. The highest BCUT2D eigenvalue weighted by Gasteiger charge is 2.36. The first-order valence-corrected chi connectivity index (χ1v) is 7.29. The van der Waals surface area contributed by atoms with Crippen LogP contribution >= 0.6 is 0 Å². The third-order valence-corrected chi connectivity index (χ3v) is 4.51. The van der Waals surface area contributed by atoms with Gasteiger partial charge < -0.3 is 15.3 Å². The summed E-state index contributed by atoms with van der Waals surface area (Å²) in [6.45, 7) is 5.02. The van der Waals surface area contributed by atoms with E-state index in [2.05, 4.69) is 5.32 Å². The van der Waals surface area contributed by atoms with Gasteiger partial charge in [-0.05, 0) is 44.2 Å². The number of carboxylic acid groups (broad SMARTS) is 1. The molecular weight excluding hydrogens is 244 g/mol. The number of piperidine rings is 1. The molecule has 2 N–H and O–H groups in total. The van der Waals surface area contributed by atoms with Gasteiger partial charge in [0.1, 0.15) is 0 Å². The molecule has 0 aromatic rings. The fourth-order valence-corrected chi connectivity index (χ4v) is 3.15. The Morgan fingerprint density at radius 3 is 2.53 bits per heavy atom. The number of amides is 1. The smallest absolute Gasteiger partial charge is 0.308 e. The first-order valence-electron chi connectivity index (χ1n) is 7.29. The summed E-state index contributed by atoms with van der Waals surface area (Å²) in [6.07, 6.45) is 3.83. The Morgan fingerprint density at radius 2 is 1.95 bits per heavy atom. The molecule has 5 nitrogen and oxygen atoms in total. The highest BCUT2D eigenvalue weighted by Crippen LogP contribution is 2.25. The molecule has 5 heteroatoms. The van der Waals surface area contributed by atoms with E-state index in [1.165, 1.54) is 0 Å². The summed E-state index contributed by atoms with van der Waals surface area (Å²) in [5.74, 6) is -0.307. The van der Waals surface area contributed by atoms with Crippen LogP contribution < -0.4 is 5.32 Å². The Bertz CT molecular complexity index is 340. The monoisotopic (exact) mass is 268 g/mol. The maximum Gasteiger partial charge on any atom is 0.308 e. The molecule has 2 aliphatic heterocycles. The first-order chi connectivity index (χ1) is 9.08. The number of carboxylic acids is 1. The van der Waals surface area contributed by atoms with E-state index in [9.17, 15) is 9.59 Å². The van der Waals surface area contributed by atoms with Gasteiger partial charge in [-0.25, -0.2) is 0 Å². The fraction of sp³-hybridized carbons (Fsp3) is 0.857. The summed E-state index contributed by atoms with van der Waals surface area (Å²) >= 11 is 0. The molecule has 0 radical (unpaired) electrons. The van der Waals surface area contributed by atoms with E-state index in [-0.39, 0.29) is 17.7 Å². The lowest BCUT2D eigenvalue weighted by Crippen LogP contribution is -2.31. The average Bonchev–Trinajstić information content (AvgIpc) is 2.79. The average molecular weight is 268 g/mol. The maximum absolute atomic E-state index is 12.1. The van der Waals surface area contributed by atoms with Gasteiger partial charge in [-0.15, -0.1) is 0 Å². The van der Waals surface area contributed by atoms with Crippen LogP contribution in [0.15, 0.2) is 0 Å². The Hall–Kier alpha value is -1.10. The molecule has 0 spiro atoms. The Kier molecular flexibility index (Phi) is 4.80. The van der Waals surface area contributed by atoms with E-state index in [1.807, 2.05) is 6.92 Å². The second-order valence-electron chi connectivity index (χ2n) is 5.95. The predicted molar refractivity (Wildman–Crippen MR) is 71.7 cm³/mol. The lowest BCUT2D eigenvalue weighted by atomic mass is 9.93. The number of hydrogen-bond acceptors (Lipinski definition) is 3. The van der Waals surface area contributed by atoms with Crippen LogP contribution in [0.3, 0.4) is 0 Å². The van der Waals surface area contributed by atoms with Crippen LogP contribution in [0.25, 0.3) is 0 Å². The van der Waals surface area contributed by atoms with E-state index in [1.54, 1.807) is 4.90 Å². The summed E-state index contributed by atoms with van der Waals surface area (Å²) < 4.78 is 0. The summed E-state index contributed by atoms with van der Waals surface area (Å²) in [4.78, 5) is 24.9. The molecule has 2 saturated heterocycles. The second-order valence-corrected chi connectivity index (χ2v) is 5.95. The molecule has 0 aliphatic carbocycles. The van der Waals surface area contributed by atoms with E-state index in [4.69, 9.17) is 5.11 Å². The van der Waals surface area contributed by atoms with Crippen molar-refractivity contribution in [3.8, 4) is 0 Å². The van der Waals surface area contributed by atoms with E-state index in [0.29, 0.717) is 25.4 Å². The molecule has 108 valence electrons. The normalized spacial score (nSPS) is 28.6. The molecule has 0 saturated carbocycles. The predicted octanol–water partition coefficient (Wildman–Crippen LogP) is 0.945. The van der Waals surface area contributed by atoms with Gasteiger partial charge in [0.15, 0.2) is 0 Å². The SMILES string of the molecule is CC1CN(C(=O)CCC2CCNCC2)CC1C(=O)O. The van der Waals surface area contributed by atoms with Crippen molar-refractivity contribution in [3.05, 3.63) is 0 Å². The standard InChI is InChI=1S/C14H24N2O3/c1-10-8-16(9-12(10)14(18)19)13(17)3-2-11-4-6-15-7-5-11/h10-12,15H,2-9H2,1H3,(H,18,19). The van der Waals surface area contributed by atoms with E-state index < -0.39 is 5.97 Å². The number of hydrogen-bond donors (Lipinski definition) is 2. The number of likely N-dealkylation sites (tertiary alicyclic amines) is 1. The van der Waals surface area contributed by atoms with Crippen LogP contribution in [0.4, 0.5) is 0 Å². The Balaban J connectivity index is 1.76. The van der Waals surface area contributed by atoms with Gasteiger partial charge in [0.2, 0.25) is 5.91 Å². The van der Waals surface area contributed by atoms with Gasteiger partial charge in [0.25, 0.3) is 0 Å². The first kappa shape index (κ1) is 14.3. The number of nitrogens with one attached hydrogen (secondary N) is 1. The Morgan fingerprint density at radius 1 is 1.26 bits per heavy atom.